The smallest absolute Gasteiger partial charge is 0.278 e. The molecule has 6 nitrogen and oxygen atoms in total. The topological polar surface area (TPSA) is 72.9 Å². The van der Waals surface area contributed by atoms with Gasteiger partial charge in [0.2, 0.25) is 0 Å². The average molecular weight is 502 g/mol. The van der Waals surface area contributed by atoms with Crippen molar-refractivity contribution in [3.05, 3.63) is 83.4 Å². The normalized spacial score (nSPS) is 11.7. The first-order chi connectivity index (χ1) is 16.0. The molecular weight excluding hydrogens is 474 g/mol. The van der Waals surface area contributed by atoms with Crippen LogP contribution in [0.5, 0.6) is 11.5 Å². The number of halogens is 1. The van der Waals surface area contributed by atoms with E-state index in [1.165, 1.54) is 36.4 Å². The van der Waals surface area contributed by atoms with Gasteiger partial charge in [0.1, 0.15) is 11.5 Å². The van der Waals surface area contributed by atoms with Gasteiger partial charge in [-0.1, -0.05) is 44.5 Å². The monoisotopic (exact) mass is 501 g/mol. The predicted molar refractivity (Wildman–Crippen MR) is 134 cm³/mol. The zero-order valence-electron chi connectivity index (χ0n) is 19.6. The van der Waals surface area contributed by atoms with Crippen molar-refractivity contribution in [2.45, 2.75) is 38.0 Å². The lowest BCUT2D eigenvalue weighted by molar-refractivity contribution is -0.119. The van der Waals surface area contributed by atoms with Crippen molar-refractivity contribution < 1.29 is 22.7 Å². The molecule has 0 saturated heterocycles. The second kappa shape index (κ2) is 10.5. The van der Waals surface area contributed by atoms with Gasteiger partial charge in [0.25, 0.3) is 15.9 Å². The summed E-state index contributed by atoms with van der Waals surface area (Å²) < 4.78 is 38.7. The minimum atomic E-state index is -4.22. The predicted octanol–water partition coefficient (Wildman–Crippen LogP) is 5.84. The van der Waals surface area contributed by atoms with Crippen LogP contribution >= 0.6 is 11.6 Å². The molecule has 0 saturated carbocycles. The number of nitrogens with zero attached hydrogens (tertiary/aromatic N) is 1. The summed E-state index contributed by atoms with van der Waals surface area (Å²) >= 11 is 5.92. The third kappa shape index (κ3) is 6.10. The van der Waals surface area contributed by atoms with E-state index in [0.717, 1.165) is 9.87 Å². The van der Waals surface area contributed by atoms with Gasteiger partial charge in [0, 0.05) is 5.02 Å². The Labute approximate surface area is 206 Å². The maximum absolute atomic E-state index is 13.4. The van der Waals surface area contributed by atoms with E-state index >= 15 is 0 Å². The van der Waals surface area contributed by atoms with Crippen molar-refractivity contribution in [1.82, 2.24) is 0 Å². The van der Waals surface area contributed by atoms with Crippen molar-refractivity contribution in [1.29, 1.82) is 0 Å². The van der Waals surface area contributed by atoms with Crippen molar-refractivity contribution >= 4 is 33.2 Å². The van der Waals surface area contributed by atoms with Crippen LogP contribution in [0.25, 0.3) is 0 Å². The number of rotatable bonds is 8. The van der Waals surface area contributed by atoms with Gasteiger partial charge < -0.3 is 9.47 Å². The maximum Gasteiger partial charge on any atom is 0.278 e. The van der Waals surface area contributed by atoms with Crippen LogP contribution in [-0.4, -0.2) is 27.5 Å². The first-order valence-electron chi connectivity index (χ1n) is 10.8. The molecule has 3 aromatic rings. The number of hydrogen-bond acceptors (Lipinski definition) is 5. The van der Waals surface area contributed by atoms with Gasteiger partial charge in [-0.3, -0.25) is 4.79 Å². The number of sulfonamides is 1. The van der Waals surface area contributed by atoms with E-state index in [-0.39, 0.29) is 16.0 Å². The summed E-state index contributed by atoms with van der Waals surface area (Å²) in [5.74, 6) is 0.300. The molecule has 34 heavy (non-hydrogen) atoms. The Morgan fingerprint density at radius 3 is 1.91 bits per heavy atom. The van der Waals surface area contributed by atoms with Gasteiger partial charge in [-0.2, -0.15) is 4.31 Å². The molecule has 0 heterocycles. The second-order valence-corrected chi connectivity index (χ2v) is 10.8. The summed E-state index contributed by atoms with van der Waals surface area (Å²) in [6.45, 7) is 8.15. The largest absolute Gasteiger partial charge is 0.494 e. The highest BCUT2D eigenvalue weighted by Gasteiger charge is 2.31. The quantitative estimate of drug-likeness (QED) is 0.388. The lowest BCUT2D eigenvalue weighted by Crippen LogP contribution is -2.40. The van der Waals surface area contributed by atoms with Crippen molar-refractivity contribution in [2.75, 3.05) is 17.5 Å². The van der Waals surface area contributed by atoms with Gasteiger partial charge in [0.15, 0.2) is 6.61 Å². The maximum atomic E-state index is 13.4. The van der Waals surface area contributed by atoms with E-state index in [1.807, 2.05) is 19.1 Å². The zero-order chi connectivity index (χ0) is 24.9. The molecule has 0 N–H and O–H groups in total. The molecule has 0 fully saturated rings. The zero-order valence-corrected chi connectivity index (χ0v) is 21.2. The summed E-state index contributed by atoms with van der Waals surface area (Å²) in [6, 6.07) is 19.3. The number of hydrogen-bond donors (Lipinski definition) is 0. The fraction of sp³-hybridized carbons (Fsp3) is 0.269. The molecule has 0 aliphatic rings. The van der Waals surface area contributed by atoms with Crippen LogP contribution in [0.1, 0.15) is 33.3 Å². The molecule has 1 amide bonds. The Bertz CT molecular complexity index is 1220. The van der Waals surface area contributed by atoms with Crippen molar-refractivity contribution in [2.24, 2.45) is 0 Å². The second-order valence-electron chi connectivity index (χ2n) is 8.61. The van der Waals surface area contributed by atoms with Crippen LogP contribution < -0.4 is 13.8 Å². The third-order valence-electron chi connectivity index (χ3n) is 5.04. The highest BCUT2D eigenvalue weighted by atomic mass is 35.5. The molecule has 3 rings (SSSR count). The molecule has 0 unspecified atom stereocenters. The molecule has 0 aliphatic heterocycles. The van der Waals surface area contributed by atoms with Gasteiger partial charge in [-0.05, 0) is 78.6 Å². The first-order valence-corrected chi connectivity index (χ1v) is 12.6. The molecule has 0 radical (unpaired) electrons. The lowest BCUT2D eigenvalue weighted by Gasteiger charge is -2.23. The van der Waals surface area contributed by atoms with Gasteiger partial charge >= 0.3 is 0 Å². The summed E-state index contributed by atoms with van der Waals surface area (Å²) in [5.41, 5.74) is 1.27. The Morgan fingerprint density at radius 1 is 0.853 bits per heavy atom. The Hall–Kier alpha value is -3.03. The Balaban J connectivity index is 1.89. The van der Waals surface area contributed by atoms with Crippen LogP contribution in [0.4, 0.5) is 5.69 Å². The van der Waals surface area contributed by atoms with Gasteiger partial charge in [-0.15, -0.1) is 0 Å². The molecule has 0 aliphatic carbocycles. The molecule has 3 aromatic carbocycles. The molecule has 0 atom stereocenters. The number of carbonyl (C=O) groups excluding carboxylic acids is 1. The fourth-order valence-corrected chi connectivity index (χ4v) is 4.76. The van der Waals surface area contributed by atoms with E-state index in [2.05, 4.69) is 20.8 Å². The van der Waals surface area contributed by atoms with Crippen LogP contribution in [0, 0.1) is 0 Å². The standard InChI is InChI=1S/C26H28ClNO5S/c1-5-32-22-14-10-21(11-15-22)28(34(30,31)24-16-8-20(27)9-17-24)25(29)18-33-23-12-6-19(7-13-23)26(2,3)4/h6-17H,5,18H2,1-4H3. The molecular formula is C26H28ClNO5S. The summed E-state index contributed by atoms with van der Waals surface area (Å²) in [6.07, 6.45) is 0. The van der Waals surface area contributed by atoms with Gasteiger partial charge in [-0.25, -0.2) is 8.42 Å². The van der Waals surface area contributed by atoms with Crippen LogP contribution in [0.3, 0.4) is 0 Å². The van der Waals surface area contributed by atoms with Crippen molar-refractivity contribution in [3.63, 3.8) is 0 Å². The fourth-order valence-electron chi connectivity index (χ4n) is 3.23. The number of anilines is 1. The highest BCUT2D eigenvalue weighted by molar-refractivity contribution is 7.93. The minimum Gasteiger partial charge on any atom is -0.494 e. The van der Waals surface area contributed by atoms with E-state index in [9.17, 15) is 13.2 Å². The number of amides is 1. The van der Waals surface area contributed by atoms with Crippen molar-refractivity contribution in [3.8, 4) is 11.5 Å². The summed E-state index contributed by atoms with van der Waals surface area (Å²) in [4.78, 5) is 13.1. The molecule has 0 aromatic heterocycles. The van der Waals surface area contributed by atoms with Crippen LogP contribution in [0.15, 0.2) is 77.7 Å². The Kier molecular flexibility index (Phi) is 7.89. The molecule has 0 bridgehead atoms. The molecule has 8 heteroatoms. The summed E-state index contributed by atoms with van der Waals surface area (Å²) in [5, 5.41) is 0.389. The third-order valence-corrected chi connectivity index (χ3v) is 7.06. The highest BCUT2D eigenvalue weighted by Crippen LogP contribution is 2.28. The SMILES string of the molecule is CCOc1ccc(N(C(=O)COc2ccc(C(C)(C)C)cc2)S(=O)(=O)c2ccc(Cl)cc2)cc1. The van der Waals surface area contributed by atoms with E-state index in [0.29, 0.717) is 23.1 Å². The lowest BCUT2D eigenvalue weighted by atomic mass is 9.87. The summed E-state index contributed by atoms with van der Waals surface area (Å²) in [7, 11) is -4.22. The number of carbonyl (C=O) groups is 1. The average Bonchev–Trinajstić information content (AvgIpc) is 2.79. The molecule has 0 spiro atoms. The van der Waals surface area contributed by atoms with Crippen LogP contribution in [0.2, 0.25) is 5.02 Å². The minimum absolute atomic E-state index is 0.0224. The Morgan fingerprint density at radius 2 is 1.38 bits per heavy atom. The van der Waals surface area contributed by atoms with Crippen LogP contribution in [-0.2, 0) is 20.2 Å². The molecule has 180 valence electrons. The number of ether oxygens (including phenoxy) is 2. The first kappa shape index (κ1) is 25.6. The van der Waals surface area contributed by atoms with E-state index in [4.69, 9.17) is 21.1 Å². The van der Waals surface area contributed by atoms with E-state index in [1.54, 1.807) is 24.3 Å². The number of benzene rings is 3. The van der Waals surface area contributed by atoms with E-state index < -0.39 is 22.5 Å². The van der Waals surface area contributed by atoms with Gasteiger partial charge in [0.05, 0.1) is 17.2 Å².